The van der Waals surface area contributed by atoms with E-state index in [0.717, 1.165) is 41.2 Å². The van der Waals surface area contributed by atoms with E-state index < -0.39 is 0 Å². The van der Waals surface area contributed by atoms with Crippen LogP contribution in [0.3, 0.4) is 0 Å². The van der Waals surface area contributed by atoms with E-state index in [1.807, 2.05) is 17.0 Å². The minimum atomic E-state index is 0.0548. The van der Waals surface area contributed by atoms with Crippen molar-refractivity contribution in [2.45, 2.75) is 33.7 Å². The highest BCUT2D eigenvalue weighted by atomic mass is 32.1. The third-order valence-electron chi connectivity index (χ3n) is 5.82. The third kappa shape index (κ3) is 4.48. The van der Waals surface area contributed by atoms with E-state index in [1.165, 1.54) is 16.0 Å². The monoisotopic (exact) mass is 435 g/mol. The summed E-state index contributed by atoms with van der Waals surface area (Å²) in [6.07, 6.45) is 2.41. The fourth-order valence-corrected chi connectivity index (χ4v) is 5.27. The number of amides is 1. The molecular weight excluding hydrogens is 406 g/mol. The molecule has 6 nitrogen and oxygen atoms in total. The molecule has 0 radical (unpaired) electrons. The Labute approximate surface area is 187 Å². The Kier molecular flexibility index (Phi) is 6.34. The Morgan fingerprint density at radius 2 is 2.10 bits per heavy atom. The first kappa shape index (κ1) is 21.5. The summed E-state index contributed by atoms with van der Waals surface area (Å²) in [7, 11) is 0. The lowest BCUT2D eigenvalue weighted by atomic mass is 10.0. The topological polar surface area (TPSA) is 61.4 Å². The van der Waals surface area contributed by atoms with Gasteiger partial charge in [0.2, 0.25) is 0 Å². The lowest BCUT2D eigenvalue weighted by Crippen LogP contribution is -2.39. The summed E-state index contributed by atoms with van der Waals surface area (Å²) >= 11 is 1.66. The van der Waals surface area contributed by atoms with Gasteiger partial charge in [-0.05, 0) is 49.7 Å². The number of anilines is 2. The van der Waals surface area contributed by atoms with Gasteiger partial charge < -0.3 is 10.2 Å². The van der Waals surface area contributed by atoms with Crippen LogP contribution in [0.5, 0.6) is 0 Å². The summed E-state index contributed by atoms with van der Waals surface area (Å²) in [5, 5.41) is 4.55. The maximum absolute atomic E-state index is 13.0. The average molecular weight is 436 g/mol. The van der Waals surface area contributed by atoms with Gasteiger partial charge in [-0.3, -0.25) is 9.69 Å². The SMILES string of the molecule is C=C(CN(CC)CC)C(=O)N1CCc2c(sc3ncnc(Nc4cccc(C)c4)c23)C1. The second-order valence-electron chi connectivity index (χ2n) is 7.94. The van der Waals surface area contributed by atoms with Crippen molar-refractivity contribution in [2.24, 2.45) is 0 Å². The average Bonchev–Trinajstić information content (AvgIpc) is 3.15. The van der Waals surface area contributed by atoms with Gasteiger partial charge in [0, 0.05) is 29.2 Å². The number of aryl methyl sites for hydroxylation is 1. The van der Waals surface area contributed by atoms with E-state index in [2.05, 4.69) is 59.7 Å². The molecule has 0 bridgehead atoms. The number of carbonyl (C=O) groups is 1. The van der Waals surface area contributed by atoms with Gasteiger partial charge in [-0.25, -0.2) is 9.97 Å². The van der Waals surface area contributed by atoms with Gasteiger partial charge in [0.15, 0.2) is 0 Å². The van der Waals surface area contributed by atoms with Gasteiger partial charge in [-0.1, -0.05) is 32.6 Å². The maximum atomic E-state index is 13.0. The van der Waals surface area contributed by atoms with E-state index in [0.29, 0.717) is 25.2 Å². The van der Waals surface area contributed by atoms with E-state index in [1.54, 1.807) is 17.7 Å². The van der Waals surface area contributed by atoms with Crippen LogP contribution in [0.4, 0.5) is 11.5 Å². The molecule has 1 amide bonds. The molecule has 31 heavy (non-hydrogen) atoms. The van der Waals surface area contributed by atoms with Crippen LogP contribution in [0, 0.1) is 6.92 Å². The molecule has 0 aliphatic carbocycles. The first-order valence-electron chi connectivity index (χ1n) is 10.8. The van der Waals surface area contributed by atoms with E-state index in [4.69, 9.17) is 0 Å². The smallest absolute Gasteiger partial charge is 0.250 e. The molecule has 162 valence electrons. The predicted octanol–water partition coefficient (Wildman–Crippen LogP) is 4.53. The number of nitrogens with one attached hydrogen (secondary N) is 1. The number of rotatable bonds is 7. The number of likely N-dealkylation sites (N-methyl/N-ethyl adjacent to an activating group) is 1. The number of fused-ring (bicyclic) bond motifs is 3. The van der Waals surface area contributed by atoms with Gasteiger partial charge in [-0.15, -0.1) is 11.3 Å². The van der Waals surface area contributed by atoms with Gasteiger partial charge in [0.1, 0.15) is 17.0 Å². The molecule has 2 aromatic heterocycles. The molecule has 4 rings (SSSR count). The van der Waals surface area contributed by atoms with Crippen molar-refractivity contribution >= 4 is 39.0 Å². The van der Waals surface area contributed by atoms with Crippen LogP contribution in [-0.4, -0.2) is 51.9 Å². The fraction of sp³-hybridized carbons (Fsp3) is 0.375. The lowest BCUT2D eigenvalue weighted by Gasteiger charge is -2.29. The molecule has 1 aromatic carbocycles. The summed E-state index contributed by atoms with van der Waals surface area (Å²) in [4.78, 5) is 28.3. The molecule has 0 unspecified atom stereocenters. The van der Waals surface area contributed by atoms with E-state index in [9.17, 15) is 4.79 Å². The van der Waals surface area contributed by atoms with Gasteiger partial charge in [0.05, 0.1) is 11.9 Å². The van der Waals surface area contributed by atoms with Crippen molar-refractivity contribution in [1.29, 1.82) is 0 Å². The molecule has 0 saturated heterocycles. The van der Waals surface area contributed by atoms with Crippen LogP contribution < -0.4 is 5.32 Å². The Morgan fingerprint density at radius 3 is 2.84 bits per heavy atom. The maximum Gasteiger partial charge on any atom is 0.250 e. The molecule has 7 heteroatoms. The van der Waals surface area contributed by atoms with Crippen molar-refractivity contribution in [2.75, 3.05) is 31.5 Å². The molecule has 1 N–H and O–H groups in total. The molecule has 3 aromatic rings. The predicted molar refractivity (Wildman–Crippen MR) is 128 cm³/mol. The van der Waals surface area contributed by atoms with Gasteiger partial charge in [-0.2, -0.15) is 0 Å². The number of aromatic nitrogens is 2. The third-order valence-corrected chi connectivity index (χ3v) is 6.94. The minimum Gasteiger partial charge on any atom is -0.340 e. The summed E-state index contributed by atoms with van der Waals surface area (Å²) < 4.78 is 0. The zero-order valence-corrected chi connectivity index (χ0v) is 19.3. The Hall–Kier alpha value is -2.77. The largest absolute Gasteiger partial charge is 0.340 e. The van der Waals surface area contributed by atoms with Crippen LogP contribution in [0.15, 0.2) is 42.7 Å². The molecule has 0 spiro atoms. The second-order valence-corrected chi connectivity index (χ2v) is 9.03. The minimum absolute atomic E-state index is 0.0548. The number of hydrogen-bond donors (Lipinski definition) is 1. The number of thiophene rings is 1. The highest BCUT2D eigenvalue weighted by Crippen LogP contribution is 2.38. The normalized spacial score (nSPS) is 13.5. The summed E-state index contributed by atoms with van der Waals surface area (Å²) in [5.41, 5.74) is 4.13. The highest BCUT2D eigenvalue weighted by molar-refractivity contribution is 7.19. The Morgan fingerprint density at radius 1 is 1.29 bits per heavy atom. The molecule has 0 saturated carbocycles. The van der Waals surface area contributed by atoms with Crippen LogP contribution in [0.25, 0.3) is 10.2 Å². The molecule has 0 atom stereocenters. The second kappa shape index (κ2) is 9.16. The Bertz CT molecular complexity index is 1120. The highest BCUT2D eigenvalue weighted by Gasteiger charge is 2.27. The van der Waals surface area contributed by atoms with Crippen molar-refractivity contribution in [3.8, 4) is 0 Å². The van der Waals surface area contributed by atoms with Gasteiger partial charge >= 0.3 is 0 Å². The lowest BCUT2D eigenvalue weighted by molar-refractivity contribution is -0.128. The first-order chi connectivity index (χ1) is 15.0. The summed E-state index contributed by atoms with van der Waals surface area (Å²) in [6, 6.07) is 8.26. The van der Waals surface area contributed by atoms with Gasteiger partial charge in [0.25, 0.3) is 5.91 Å². The van der Waals surface area contributed by atoms with Crippen molar-refractivity contribution in [1.82, 2.24) is 19.8 Å². The standard InChI is InChI=1S/C24H29N5OS/c1-5-28(6-2)13-17(4)24(30)29-11-10-19-20(14-29)31-23-21(19)22(25-15-26-23)27-18-9-7-8-16(3)12-18/h7-9,12,15H,4-6,10-11,13-14H2,1-3H3,(H,25,26,27). The molecular formula is C24H29N5OS. The van der Waals surface area contributed by atoms with Crippen LogP contribution in [0.2, 0.25) is 0 Å². The molecule has 0 fully saturated rings. The fourth-order valence-electron chi connectivity index (χ4n) is 4.06. The summed E-state index contributed by atoms with van der Waals surface area (Å²) in [5.74, 6) is 0.887. The van der Waals surface area contributed by atoms with Crippen LogP contribution >= 0.6 is 11.3 Å². The summed E-state index contributed by atoms with van der Waals surface area (Å²) in [6.45, 7) is 14.1. The van der Waals surface area contributed by atoms with Crippen molar-refractivity contribution < 1.29 is 4.79 Å². The van der Waals surface area contributed by atoms with Crippen molar-refractivity contribution in [3.05, 3.63) is 58.7 Å². The molecule has 3 heterocycles. The quantitative estimate of drug-likeness (QED) is 0.553. The first-order valence-corrected chi connectivity index (χ1v) is 11.6. The van der Waals surface area contributed by atoms with Crippen LogP contribution in [0.1, 0.15) is 29.9 Å². The Balaban J connectivity index is 1.57. The number of nitrogens with zero attached hydrogens (tertiary/aromatic N) is 4. The number of hydrogen-bond acceptors (Lipinski definition) is 6. The zero-order chi connectivity index (χ0) is 22.0. The van der Waals surface area contributed by atoms with E-state index in [-0.39, 0.29) is 5.91 Å². The zero-order valence-electron chi connectivity index (χ0n) is 18.4. The van der Waals surface area contributed by atoms with E-state index >= 15 is 0 Å². The molecule has 1 aliphatic rings. The van der Waals surface area contributed by atoms with Crippen LogP contribution in [-0.2, 0) is 17.8 Å². The number of benzene rings is 1. The molecule has 1 aliphatic heterocycles. The number of carbonyl (C=O) groups excluding carboxylic acids is 1. The van der Waals surface area contributed by atoms with Crippen molar-refractivity contribution in [3.63, 3.8) is 0 Å².